The Bertz CT molecular complexity index is 651. The largest absolute Gasteiger partial charge is 0.326 e. The van der Waals surface area contributed by atoms with E-state index in [4.69, 9.17) is 0 Å². The third-order valence-corrected chi connectivity index (χ3v) is 3.12. The van der Waals surface area contributed by atoms with Gasteiger partial charge in [0, 0.05) is 23.4 Å². The first-order valence-electron chi connectivity index (χ1n) is 6.87. The van der Waals surface area contributed by atoms with Crippen LogP contribution in [-0.4, -0.2) is 11.8 Å². The van der Waals surface area contributed by atoms with Gasteiger partial charge < -0.3 is 10.6 Å². The van der Waals surface area contributed by atoms with Gasteiger partial charge in [-0.05, 0) is 42.8 Å². The number of amides is 2. The highest BCUT2D eigenvalue weighted by molar-refractivity contribution is 6.04. The molecule has 4 nitrogen and oxygen atoms in total. The molecular weight excluding hydrogens is 264 g/mol. The van der Waals surface area contributed by atoms with Crippen molar-refractivity contribution in [1.82, 2.24) is 0 Å². The third-order valence-electron chi connectivity index (χ3n) is 3.12. The highest BCUT2D eigenvalue weighted by Gasteiger charge is 2.08. The summed E-state index contributed by atoms with van der Waals surface area (Å²) >= 11 is 0. The van der Waals surface area contributed by atoms with Crippen LogP contribution in [0.4, 0.5) is 11.4 Å². The molecule has 2 N–H and O–H groups in total. The molecule has 0 fully saturated rings. The maximum absolute atomic E-state index is 12.1. The second kappa shape index (κ2) is 6.70. The summed E-state index contributed by atoms with van der Waals surface area (Å²) < 4.78 is 0. The van der Waals surface area contributed by atoms with Gasteiger partial charge in [-0.1, -0.05) is 25.1 Å². The second-order valence-electron chi connectivity index (χ2n) is 4.75. The Hall–Kier alpha value is -2.62. The van der Waals surface area contributed by atoms with Crippen LogP contribution in [-0.2, 0) is 4.79 Å². The first-order valence-corrected chi connectivity index (χ1v) is 6.87. The molecular formula is C17H18N2O2. The van der Waals surface area contributed by atoms with Crippen LogP contribution in [0.25, 0.3) is 0 Å². The number of hydrogen-bond acceptors (Lipinski definition) is 2. The topological polar surface area (TPSA) is 58.2 Å². The molecule has 4 heteroatoms. The van der Waals surface area contributed by atoms with Crippen molar-refractivity contribution < 1.29 is 9.59 Å². The van der Waals surface area contributed by atoms with Crippen molar-refractivity contribution in [3.8, 4) is 0 Å². The van der Waals surface area contributed by atoms with Crippen molar-refractivity contribution >= 4 is 23.2 Å². The van der Waals surface area contributed by atoms with E-state index in [-0.39, 0.29) is 11.8 Å². The smallest absolute Gasteiger partial charge is 0.255 e. The van der Waals surface area contributed by atoms with Crippen molar-refractivity contribution in [2.75, 3.05) is 10.6 Å². The molecule has 0 aromatic heterocycles. The summed E-state index contributed by atoms with van der Waals surface area (Å²) in [5, 5.41) is 5.66. The molecule has 2 aromatic rings. The molecule has 108 valence electrons. The van der Waals surface area contributed by atoms with Gasteiger partial charge in [-0.15, -0.1) is 0 Å². The van der Waals surface area contributed by atoms with Gasteiger partial charge in [0.2, 0.25) is 5.91 Å². The maximum atomic E-state index is 12.1. The van der Waals surface area contributed by atoms with E-state index in [1.807, 2.05) is 31.2 Å². The molecule has 2 rings (SSSR count). The van der Waals surface area contributed by atoms with Crippen molar-refractivity contribution in [3.63, 3.8) is 0 Å². The van der Waals surface area contributed by atoms with Crippen molar-refractivity contribution in [1.29, 1.82) is 0 Å². The molecule has 0 saturated heterocycles. The normalized spacial score (nSPS) is 10.0. The van der Waals surface area contributed by atoms with Crippen LogP contribution >= 0.6 is 0 Å². The Labute approximate surface area is 124 Å². The molecule has 0 heterocycles. The lowest BCUT2D eigenvalue weighted by molar-refractivity contribution is -0.115. The SMILES string of the molecule is CCC(=O)Nc1ccc(NC(=O)c2ccccc2)c(C)c1. The van der Waals surface area contributed by atoms with Crippen molar-refractivity contribution in [2.45, 2.75) is 20.3 Å². The second-order valence-corrected chi connectivity index (χ2v) is 4.75. The number of rotatable bonds is 4. The standard InChI is InChI=1S/C17H18N2O2/c1-3-16(20)18-14-9-10-15(12(2)11-14)19-17(21)13-7-5-4-6-8-13/h4-11H,3H2,1-2H3,(H,18,20)(H,19,21). The minimum Gasteiger partial charge on any atom is -0.326 e. The van der Waals surface area contributed by atoms with Crippen LogP contribution in [0.1, 0.15) is 29.3 Å². The average molecular weight is 282 g/mol. The first-order chi connectivity index (χ1) is 10.1. The van der Waals surface area contributed by atoms with Crippen LogP contribution in [0, 0.1) is 6.92 Å². The average Bonchev–Trinajstić information content (AvgIpc) is 2.50. The fourth-order valence-corrected chi connectivity index (χ4v) is 1.92. The lowest BCUT2D eigenvalue weighted by atomic mass is 10.1. The summed E-state index contributed by atoms with van der Waals surface area (Å²) in [5.41, 5.74) is 2.98. The molecule has 0 spiro atoms. The Kier molecular flexibility index (Phi) is 4.72. The van der Waals surface area contributed by atoms with Crippen molar-refractivity contribution in [3.05, 3.63) is 59.7 Å². The summed E-state index contributed by atoms with van der Waals surface area (Å²) in [5.74, 6) is -0.181. The van der Waals surface area contributed by atoms with Crippen molar-refractivity contribution in [2.24, 2.45) is 0 Å². The summed E-state index contributed by atoms with van der Waals surface area (Å²) in [4.78, 5) is 23.5. The zero-order valence-electron chi connectivity index (χ0n) is 12.1. The summed E-state index contributed by atoms with van der Waals surface area (Å²) in [6.07, 6.45) is 0.436. The molecule has 0 atom stereocenters. The number of anilines is 2. The van der Waals surface area contributed by atoms with Gasteiger partial charge in [0.05, 0.1) is 0 Å². The zero-order valence-corrected chi connectivity index (χ0v) is 12.1. The summed E-state index contributed by atoms with van der Waals surface area (Å²) in [6.45, 7) is 3.69. The van der Waals surface area contributed by atoms with E-state index >= 15 is 0 Å². The molecule has 21 heavy (non-hydrogen) atoms. The third kappa shape index (κ3) is 3.92. The number of hydrogen-bond donors (Lipinski definition) is 2. The molecule has 0 aliphatic carbocycles. The number of carbonyl (C=O) groups excluding carboxylic acids is 2. The Morgan fingerprint density at radius 3 is 2.33 bits per heavy atom. The Balaban J connectivity index is 2.11. The van der Waals surface area contributed by atoms with Gasteiger partial charge in [-0.3, -0.25) is 9.59 Å². The molecule has 0 radical (unpaired) electrons. The van der Waals surface area contributed by atoms with E-state index in [0.29, 0.717) is 12.0 Å². The van der Waals surface area contributed by atoms with Gasteiger partial charge in [0.1, 0.15) is 0 Å². The van der Waals surface area contributed by atoms with Gasteiger partial charge in [0.15, 0.2) is 0 Å². The monoisotopic (exact) mass is 282 g/mol. The number of nitrogens with one attached hydrogen (secondary N) is 2. The molecule has 0 aliphatic heterocycles. The first kappa shape index (κ1) is 14.8. The van der Waals surface area contributed by atoms with Gasteiger partial charge in [-0.25, -0.2) is 0 Å². The maximum Gasteiger partial charge on any atom is 0.255 e. The molecule has 0 aliphatic rings. The minimum absolute atomic E-state index is 0.0320. The number of carbonyl (C=O) groups is 2. The van der Waals surface area contributed by atoms with E-state index < -0.39 is 0 Å². The molecule has 2 amide bonds. The van der Waals surface area contributed by atoms with E-state index in [2.05, 4.69) is 10.6 Å². The lowest BCUT2D eigenvalue weighted by Crippen LogP contribution is -2.13. The molecule has 2 aromatic carbocycles. The van der Waals surface area contributed by atoms with Crippen LogP contribution in [0.2, 0.25) is 0 Å². The highest BCUT2D eigenvalue weighted by Crippen LogP contribution is 2.20. The van der Waals surface area contributed by atoms with Gasteiger partial charge in [-0.2, -0.15) is 0 Å². The highest BCUT2D eigenvalue weighted by atomic mass is 16.2. The minimum atomic E-state index is -0.149. The predicted octanol–water partition coefficient (Wildman–Crippen LogP) is 3.60. The lowest BCUT2D eigenvalue weighted by Gasteiger charge is -2.11. The van der Waals surface area contributed by atoms with E-state index in [0.717, 1.165) is 16.9 Å². The van der Waals surface area contributed by atoms with E-state index in [1.165, 1.54) is 0 Å². The zero-order chi connectivity index (χ0) is 15.2. The number of aryl methyl sites for hydroxylation is 1. The quantitative estimate of drug-likeness (QED) is 0.900. The van der Waals surface area contributed by atoms with Crippen LogP contribution in [0.15, 0.2) is 48.5 Å². The Morgan fingerprint density at radius 1 is 1.00 bits per heavy atom. The molecule has 0 saturated carbocycles. The van der Waals surface area contributed by atoms with Gasteiger partial charge >= 0.3 is 0 Å². The summed E-state index contributed by atoms with van der Waals surface area (Å²) in [7, 11) is 0. The van der Waals surface area contributed by atoms with Gasteiger partial charge in [0.25, 0.3) is 5.91 Å². The van der Waals surface area contributed by atoms with Crippen LogP contribution < -0.4 is 10.6 Å². The molecule has 0 bridgehead atoms. The fourth-order valence-electron chi connectivity index (χ4n) is 1.92. The number of benzene rings is 2. The van der Waals surface area contributed by atoms with Crippen LogP contribution in [0.3, 0.4) is 0 Å². The summed E-state index contributed by atoms with van der Waals surface area (Å²) in [6, 6.07) is 14.5. The Morgan fingerprint density at radius 2 is 1.71 bits per heavy atom. The predicted molar refractivity (Wildman–Crippen MR) is 84.5 cm³/mol. The van der Waals surface area contributed by atoms with Crippen LogP contribution in [0.5, 0.6) is 0 Å². The molecule has 0 unspecified atom stereocenters. The van der Waals surface area contributed by atoms with E-state index in [1.54, 1.807) is 31.2 Å². The fraction of sp³-hybridized carbons (Fsp3) is 0.176. The van der Waals surface area contributed by atoms with E-state index in [9.17, 15) is 9.59 Å².